The van der Waals surface area contributed by atoms with Gasteiger partial charge in [0.05, 0.1) is 11.7 Å². The van der Waals surface area contributed by atoms with E-state index in [4.69, 9.17) is 14.7 Å². The average Bonchev–Trinajstić information content (AvgIpc) is 3.61. The van der Waals surface area contributed by atoms with Crippen molar-refractivity contribution >= 4 is 34.0 Å². The maximum Gasteiger partial charge on any atom is 0.280 e. The predicted molar refractivity (Wildman–Crippen MR) is 154 cm³/mol. The molecule has 0 saturated carbocycles. The van der Waals surface area contributed by atoms with Gasteiger partial charge in [-0.3, -0.25) is 0 Å². The van der Waals surface area contributed by atoms with Crippen molar-refractivity contribution in [3.63, 3.8) is 0 Å². The molecule has 2 aliphatic rings. The number of aliphatic imine (C=N–C) groups is 1. The summed E-state index contributed by atoms with van der Waals surface area (Å²) in [5.74, 6) is 0.483. The number of hydroxylamine groups is 1. The SMILES string of the molecule is CCC(=C(c1ccc(C=CC2=NC(O)ON2)cc1)c1ccc2c(cnn2C2CCCCO2)c1)c1ccccc1. The summed E-state index contributed by atoms with van der Waals surface area (Å²) in [5.41, 5.74) is 10.7. The van der Waals surface area contributed by atoms with Crippen molar-refractivity contribution in [2.45, 2.75) is 45.2 Å². The molecule has 0 spiro atoms. The zero-order chi connectivity index (χ0) is 26.6. The highest BCUT2D eigenvalue weighted by Crippen LogP contribution is 2.36. The van der Waals surface area contributed by atoms with Gasteiger partial charge >= 0.3 is 0 Å². The molecule has 7 heteroatoms. The fourth-order valence-corrected chi connectivity index (χ4v) is 5.33. The van der Waals surface area contributed by atoms with Crippen molar-refractivity contribution in [3.05, 3.63) is 107 Å². The van der Waals surface area contributed by atoms with Gasteiger partial charge in [0.2, 0.25) is 0 Å². The van der Waals surface area contributed by atoms with Crippen LogP contribution < -0.4 is 5.48 Å². The largest absolute Gasteiger partial charge is 0.356 e. The number of hydrogen-bond donors (Lipinski definition) is 2. The second kappa shape index (κ2) is 11.4. The molecule has 198 valence electrons. The Morgan fingerprint density at radius 3 is 2.54 bits per heavy atom. The highest BCUT2D eigenvalue weighted by atomic mass is 16.7. The van der Waals surface area contributed by atoms with Gasteiger partial charge < -0.3 is 9.84 Å². The van der Waals surface area contributed by atoms with E-state index in [1.165, 1.54) is 23.1 Å². The van der Waals surface area contributed by atoms with Gasteiger partial charge in [-0.1, -0.05) is 73.7 Å². The normalized spacial score (nSPS) is 20.2. The maximum atomic E-state index is 9.38. The summed E-state index contributed by atoms with van der Waals surface area (Å²) in [4.78, 5) is 8.78. The Hall–Kier alpha value is -4.04. The van der Waals surface area contributed by atoms with Crippen molar-refractivity contribution in [1.29, 1.82) is 0 Å². The minimum absolute atomic E-state index is 0.00783. The lowest BCUT2D eigenvalue weighted by Gasteiger charge is -2.23. The highest BCUT2D eigenvalue weighted by molar-refractivity contribution is 6.01. The first-order chi connectivity index (χ1) is 19.2. The minimum Gasteiger partial charge on any atom is -0.356 e. The first-order valence-corrected chi connectivity index (χ1v) is 13.5. The highest BCUT2D eigenvalue weighted by Gasteiger charge is 2.20. The number of nitrogens with zero attached hydrogens (tertiary/aromatic N) is 3. The number of aliphatic hydroxyl groups excluding tert-OH is 1. The Balaban J connectivity index is 1.40. The summed E-state index contributed by atoms with van der Waals surface area (Å²) in [6, 6.07) is 25.7. The molecule has 3 aromatic carbocycles. The predicted octanol–water partition coefficient (Wildman–Crippen LogP) is 6.33. The van der Waals surface area contributed by atoms with Crippen LogP contribution >= 0.6 is 0 Å². The molecular weight excluding hydrogens is 488 g/mol. The van der Waals surface area contributed by atoms with Crippen LogP contribution in [-0.2, 0) is 9.57 Å². The molecule has 39 heavy (non-hydrogen) atoms. The monoisotopic (exact) mass is 520 g/mol. The van der Waals surface area contributed by atoms with Gasteiger partial charge in [0.15, 0.2) is 6.23 Å². The number of rotatable bonds is 7. The van der Waals surface area contributed by atoms with Gasteiger partial charge in [0, 0.05) is 12.0 Å². The van der Waals surface area contributed by atoms with Crippen LogP contribution in [0, 0.1) is 0 Å². The molecule has 3 heterocycles. The number of amidine groups is 1. The molecule has 4 aromatic rings. The van der Waals surface area contributed by atoms with Crippen LogP contribution in [0.25, 0.3) is 28.1 Å². The summed E-state index contributed by atoms with van der Waals surface area (Å²) in [5, 5.41) is 15.2. The summed E-state index contributed by atoms with van der Waals surface area (Å²) in [6.07, 6.45) is 8.69. The number of fused-ring (bicyclic) bond motifs is 1. The van der Waals surface area contributed by atoms with Gasteiger partial charge in [-0.2, -0.15) is 5.10 Å². The summed E-state index contributed by atoms with van der Waals surface area (Å²) >= 11 is 0. The molecule has 7 nitrogen and oxygen atoms in total. The smallest absolute Gasteiger partial charge is 0.280 e. The Bertz CT molecular complexity index is 1530. The Morgan fingerprint density at radius 1 is 1.00 bits per heavy atom. The van der Waals surface area contributed by atoms with Crippen LogP contribution in [0.15, 0.2) is 90.1 Å². The third-order valence-corrected chi connectivity index (χ3v) is 7.24. The van der Waals surface area contributed by atoms with Crippen LogP contribution in [0.1, 0.15) is 61.1 Å². The van der Waals surface area contributed by atoms with E-state index in [1.807, 2.05) is 17.0 Å². The van der Waals surface area contributed by atoms with Crippen molar-refractivity contribution in [2.75, 3.05) is 6.61 Å². The van der Waals surface area contributed by atoms with E-state index in [1.54, 1.807) is 6.08 Å². The van der Waals surface area contributed by atoms with Crippen molar-refractivity contribution in [1.82, 2.24) is 15.3 Å². The lowest BCUT2D eigenvalue weighted by atomic mass is 9.87. The molecule has 1 saturated heterocycles. The summed E-state index contributed by atoms with van der Waals surface area (Å²) in [7, 11) is 0. The molecule has 0 radical (unpaired) electrons. The van der Waals surface area contributed by atoms with Gasteiger partial charge in [-0.15, -0.1) is 0 Å². The molecular formula is C32H32N4O3. The van der Waals surface area contributed by atoms with Crippen LogP contribution in [0.5, 0.6) is 0 Å². The standard InChI is InChI=1S/C32H32N4O3/c1-2-27(23-8-4-3-5-9-23)31(24-14-11-22(12-15-24)13-18-29-34-32(37)39-35-29)25-16-17-28-26(20-25)21-33-36(28)30-10-6-7-19-38-30/h3-5,8-9,11-18,20-21,30,32,37H,2,6-7,10,19H2,1H3,(H,34,35). The lowest BCUT2D eigenvalue weighted by molar-refractivity contribution is -0.102. The van der Waals surface area contributed by atoms with Gasteiger partial charge in [0.25, 0.3) is 6.41 Å². The van der Waals surface area contributed by atoms with Crippen LogP contribution in [0.2, 0.25) is 0 Å². The maximum absolute atomic E-state index is 9.38. The molecule has 0 amide bonds. The molecule has 1 fully saturated rings. The Morgan fingerprint density at radius 2 is 1.82 bits per heavy atom. The fraction of sp³-hybridized carbons (Fsp3) is 0.250. The van der Waals surface area contributed by atoms with E-state index >= 15 is 0 Å². The molecule has 2 aliphatic heterocycles. The third-order valence-electron chi connectivity index (χ3n) is 7.24. The quantitative estimate of drug-likeness (QED) is 0.279. The molecule has 6 rings (SSSR count). The second-order valence-electron chi connectivity index (χ2n) is 9.77. The lowest BCUT2D eigenvalue weighted by Crippen LogP contribution is -2.18. The molecule has 0 aliphatic carbocycles. The van der Waals surface area contributed by atoms with Gasteiger partial charge in [-0.25, -0.2) is 20.0 Å². The Labute approximate surface area is 228 Å². The van der Waals surface area contributed by atoms with Crippen molar-refractivity contribution in [3.8, 4) is 0 Å². The average molecular weight is 521 g/mol. The third kappa shape index (κ3) is 5.43. The van der Waals surface area contributed by atoms with Crippen LogP contribution in [0.3, 0.4) is 0 Å². The summed E-state index contributed by atoms with van der Waals surface area (Å²) < 4.78 is 8.05. The van der Waals surface area contributed by atoms with E-state index in [9.17, 15) is 5.11 Å². The van der Waals surface area contributed by atoms with E-state index in [2.05, 4.69) is 90.2 Å². The summed E-state index contributed by atoms with van der Waals surface area (Å²) in [6.45, 7) is 3.00. The molecule has 0 bridgehead atoms. The number of benzene rings is 3. The number of aromatic nitrogens is 2. The number of allylic oxidation sites excluding steroid dienone is 1. The van der Waals surface area contributed by atoms with Crippen molar-refractivity contribution in [2.24, 2.45) is 4.99 Å². The number of ether oxygens (including phenoxy) is 1. The van der Waals surface area contributed by atoms with Crippen LogP contribution in [-0.4, -0.2) is 33.7 Å². The van der Waals surface area contributed by atoms with E-state index in [0.717, 1.165) is 53.5 Å². The zero-order valence-electron chi connectivity index (χ0n) is 22.0. The van der Waals surface area contributed by atoms with E-state index < -0.39 is 6.41 Å². The first-order valence-electron chi connectivity index (χ1n) is 13.5. The number of hydrogen-bond acceptors (Lipinski definition) is 6. The van der Waals surface area contributed by atoms with Crippen LogP contribution in [0.4, 0.5) is 0 Å². The van der Waals surface area contributed by atoms with E-state index in [0.29, 0.717) is 5.84 Å². The van der Waals surface area contributed by atoms with Gasteiger partial charge in [0.1, 0.15) is 5.84 Å². The molecule has 2 atom stereocenters. The Kier molecular flexibility index (Phi) is 7.36. The van der Waals surface area contributed by atoms with E-state index in [-0.39, 0.29) is 6.23 Å². The molecule has 2 unspecified atom stereocenters. The number of nitrogens with one attached hydrogen (secondary N) is 1. The van der Waals surface area contributed by atoms with Gasteiger partial charge in [-0.05, 0) is 77.3 Å². The first kappa shape index (κ1) is 25.2. The molecule has 2 N–H and O–H groups in total. The minimum atomic E-state index is -1.16. The fourth-order valence-electron chi connectivity index (χ4n) is 5.33. The zero-order valence-corrected chi connectivity index (χ0v) is 22.0. The van der Waals surface area contributed by atoms with Crippen molar-refractivity contribution < 1.29 is 14.7 Å². The molecule has 1 aromatic heterocycles. The second-order valence-corrected chi connectivity index (χ2v) is 9.77. The number of aliphatic hydroxyl groups is 1. The topological polar surface area (TPSA) is 80.9 Å².